The predicted octanol–water partition coefficient (Wildman–Crippen LogP) is 4.19. The molecule has 2 aliphatic heterocycles. The third-order valence-corrected chi connectivity index (χ3v) is 9.12. The summed E-state index contributed by atoms with van der Waals surface area (Å²) in [5, 5.41) is 15.1. The first-order valence-electron chi connectivity index (χ1n) is 15.0. The summed E-state index contributed by atoms with van der Waals surface area (Å²) in [6.07, 6.45) is 8.39. The molecule has 1 saturated carbocycles. The van der Waals surface area contributed by atoms with Crippen LogP contribution in [0.15, 0.2) is 55.2 Å². The van der Waals surface area contributed by atoms with Gasteiger partial charge in [0.25, 0.3) is 0 Å². The van der Waals surface area contributed by atoms with Crippen molar-refractivity contribution in [1.29, 1.82) is 0 Å². The molecule has 12 heteroatoms. The Balaban J connectivity index is 0.955. The highest BCUT2D eigenvalue weighted by molar-refractivity contribution is 5.79. The number of carbonyl (C=O) groups is 1. The van der Waals surface area contributed by atoms with Crippen LogP contribution >= 0.6 is 0 Å². The molecule has 3 fully saturated rings. The molecule has 6 rings (SSSR count). The number of hydrogen-bond acceptors (Lipinski definition) is 8. The number of likely N-dealkylation sites (tertiary alicyclic amines) is 1. The highest BCUT2D eigenvalue weighted by atomic mass is 19.4. The number of pyridine rings is 2. The van der Waals surface area contributed by atoms with Gasteiger partial charge in [-0.25, -0.2) is 4.98 Å². The van der Waals surface area contributed by atoms with E-state index in [0.717, 1.165) is 42.7 Å². The van der Waals surface area contributed by atoms with Crippen LogP contribution in [0.2, 0.25) is 0 Å². The zero-order valence-corrected chi connectivity index (χ0v) is 23.9. The molecule has 43 heavy (non-hydrogen) atoms. The maximum absolute atomic E-state index is 13.3. The number of hydrogen-bond donors (Lipinski definition) is 2. The molecule has 0 aromatic carbocycles. The number of aromatic nitrogens is 4. The largest absolute Gasteiger partial charge is 0.416 e. The van der Waals surface area contributed by atoms with Crippen LogP contribution in [0, 0.1) is 5.92 Å². The van der Waals surface area contributed by atoms with E-state index in [4.69, 9.17) is 0 Å². The average molecular weight is 596 g/mol. The molecular weight excluding hydrogens is 559 g/mol. The van der Waals surface area contributed by atoms with E-state index in [2.05, 4.69) is 25.3 Å². The van der Waals surface area contributed by atoms with Gasteiger partial charge in [0.2, 0.25) is 5.91 Å². The molecule has 0 bridgehead atoms. The number of nitrogens with one attached hydrogen (secondary N) is 1. The molecule has 0 spiro atoms. The molecular formula is C31H36F3N7O2. The first-order chi connectivity index (χ1) is 20.7. The Labute approximate surface area is 248 Å². The second-order valence-electron chi connectivity index (χ2n) is 11.9. The molecule has 0 radical (unpaired) electrons. The van der Waals surface area contributed by atoms with Gasteiger partial charge in [0.15, 0.2) is 0 Å². The summed E-state index contributed by atoms with van der Waals surface area (Å²) in [4.78, 5) is 34.1. The van der Waals surface area contributed by atoms with Crippen molar-refractivity contribution >= 4 is 11.7 Å². The van der Waals surface area contributed by atoms with Gasteiger partial charge >= 0.3 is 6.18 Å². The zero-order chi connectivity index (χ0) is 30.0. The Kier molecular flexibility index (Phi) is 8.32. The summed E-state index contributed by atoms with van der Waals surface area (Å²) in [7, 11) is 0. The molecule has 1 unspecified atom stereocenters. The molecule has 3 aliphatic rings. The molecule has 228 valence electrons. The molecule has 1 aliphatic carbocycles. The van der Waals surface area contributed by atoms with Crippen LogP contribution in [0.5, 0.6) is 0 Å². The van der Waals surface area contributed by atoms with Gasteiger partial charge in [0.1, 0.15) is 11.4 Å². The van der Waals surface area contributed by atoms with Crippen molar-refractivity contribution in [1.82, 2.24) is 30.2 Å². The van der Waals surface area contributed by atoms with Crippen LogP contribution in [0.1, 0.15) is 56.2 Å². The van der Waals surface area contributed by atoms with Gasteiger partial charge in [-0.1, -0.05) is 0 Å². The van der Waals surface area contributed by atoms with E-state index in [-0.39, 0.29) is 23.9 Å². The number of amides is 1. The van der Waals surface area contributed by atoms with E-state index in [0.29, 0.717) is 63.4 Å². The summed E-state index contributed by atoms with van der Waals surface area (Å²) in [5.74, 6) is 0.314. The Morgan fingerprint density at radius 1 is 0.907 bits per heavy atom. The van der Waals surface area contributed by atoms with Gasteiger partial charge in [0, 0.05) is 74.5 Å². The average Bonchev–Trinajstić information content (AvgIpc) is 3.51. The molecule has 3 aromatic heterocycles. The monoisotopic (exact) mass is 595 g/mol. The van der Waals surface area contributed by atoms with E-state index < -0.39 is 17.3 Å². The number of aliphatic hydroxyl groups is 1. The first kappa shape index (κ1) is 29.4. The molecule has 5 heterocycles. The maximum Gasteiger partial charge on any atom is 0.416 e. The molecule has 9 nitrogen and oxygen atoms in total. The Hall–Kier alpha value is -3.64. The van der Waals surface area contributed by atoms with Crippen molar-refractivity contribution in [3.63, 3.8) is 0 Å². The van der Waals surface area contributed by atoms with Crippen molar-refractivity contribution in [2.75, 3.05) is 31.1 Å². The van der Waals surface area contributed by atoms with Crippen LogP contribution in [-0.2, 0) is 16.6 Å². The van der Waals surface area contributed by atoms with Gasteiger partial charge in [-0.05, 0) is 69.2 Å². The van der Waals surface area contributed by atoms with Crippen LogP contribution < -0.4 is 10.2 Å². The summed E-state index contributed by atoms with van der Waals surface area (Å²) in [5.41, 5.74) is 0.595. The maximum atomic E-state index is 13.3. The Morgan fingerprint density at radius 3 is 2.37 bits per heavy atom. The zero-order valence-electron chi connectivity index (χ0n) is 23.9. The second kappa shape index (κ2) is 12.2. The third kappa shape index (κ3) is 6.65. The fourth-order valence-corrected chi connectivity index (χ4v) is 6.60. The molecule has 3 aromatic rings. The second-order valence-corrected chi connectivity index (χ2v) is 11.9. The predicted molar refractivity (Wildman–Crippen MR) is 154 cm³/mol. The molecule has 2 N–H and O–H groups in total. The van der Waals surface area contributed by atoms with E-state index in [9.17, 15) is 23.1 Å². The lowest BCUT2D eigenvalue weighted by Gasteiger charge is -2.37. The van der Waals surface area contributed by atoms with Gasteiger partial charge in [0.05, 0.1) is 23.1 Å². The summed E-state index contributed by atoms with van der Waals surface area (Å²) >= 11 is 0. The number of piperidine rings is 1. The number of rotatable bonds is 6. The Bertz CT molecular complexity index is 1390. The fourth-order valence-electron chi connectivity index (χ4n) is 6.60. The van der Waals surface area contributed by atoms with Gasteiger partial charge in [-0.2, -0.15) is 13.2 Å². The smallest absolute Gasteiger partial charge is 0.384 e. The number of anilines is 1. The summed E-state index contributed by atoms with van der Waals surface area (Å²) in [6, 6.07) is 6.33. The van der Waals surface area contributed by atoms with Crippen LogP contribution in [0.4, 0.5) is 19.0 Å². The van der Waals surface area contributed by atoms with Crippen LogP contribution in [-0.4, -0.2) is 74.1 Å². The number of carbonyl (C=O) groups excluding carboxylic acids is 1. The lowest BCUT2D eigenvalue weighted by Crippen LogP contribution is -2.46. The molecule has 2 saturated heterocycles. The minimum atomic E-state index is -4.41. The van der Waals surface area contributed by atoms with Crippen LogP contribution in [0.25, 0.3) is 11.3 Å². The van der Waals surface area contributed by atoms with Crippen molar-refractivity contribution in [3.05, 3.63) is 66.5 Å². The van der Waals surface area contributed by atoms with Crippen molar-refractivity contribution in [2.24, 2.45) is 5.92 Å². The van der Waals surface area contributed by atoms with E-state index in [1.807, 2.05) is 21.9 Å². The molecule has 1 amide bonds. The number of halogens is 3. The van der Waals surface area contributed by atoms with E-state index in [1.54, 1.807) is 24.8 Å². The lowest BCUT2D eigenvalue weighted by atomic mass is 9.79. The SMILES string of the molecule is O=C(C1CCN(c2cc(C(F)(F)F)ccn2)CC1)N1CCC(NC2CCC(O)(c3ccc(-c4cnccn4)cn3)CC2)C1. The quantitative estimate of drug-likeness (QED) is 0.437. The minimum Gasteiger partial charge on any atom is -0.384 e. The number of nitrogens with zero attached hydrogens (tertiary/aromatic N) is 6. The first-order valence-corrected chi connectivity index (χ1v) is 15.0. The van der Waals surface area contributed by atoms with Gasteiger partial charge < -0.3 is 20.2 Å². The van der Waals surface area contributed by atoms with Crippen LogP contribution in [0.3, 0.4) is 0 Å². The van der Waals surface area contributed by atoms with Crippen molar-refractivity contribution in [2.45, 2.75) is 68.8 Å². The normalized spacial score (nSPS) is 25.2. The highest BCUT2D eigenvalue weighted by Gasteiger charge is 2.39. The van der Waals surface area contributed by atoms with Gasteiger partial charge in [-0.15, -0.1) is 0 Å². The number of alkyl halides is 3. The highest BCUT2D eigenvalue weighted by Crippen LogP contribution is 2.37. The van der Waals surface area contributed by atoms with Gasteiger partial charge in [-0.3, -0.25) is 19.7 Å². The standard InChI is InChI=1S/C31H36F3N7O2/c32-31(33,34)23-5-11-37-28(17-23)40-14-6-21(7-15-40)29(42)41-16-8-25(20-41)39-24-3-9-30(43,10-4-24)27-2-1-22(18-38-27)26-19-35-12-13-36-26/h1-2,5,11-13,17-19,21,24-25,39,43H,3-4,6-10,14-16,20H2. The van der Waals surface area contributed by atoms with Crippen molar-refractivity contribution in [3.8, 4) is 11.3 Å². The lowest BCUT2D eigenvalue weighted by molar-refractivity contribution is -0.137. The van der Waals surface area contributed by atoms with E-state index in [1.165, 1.54) is 6.20 Å². The summed E-state index contributed by atoms with van der Waals surface area (Å²) in [6.45, 7) is 2.36. The summed E-state index contributed by atoms with van der Waals surface area (Å²) < 4.78 is 39.3. The van der Waals surface area contributed by atoms with Crippen molar-refractivity contribution < 1.29 is 23.1 Å². The Morgan fingerprint density at radius 2 is 1.70 bits per heavy atom. The minimum absolute atomic E-state index is 0.127. The topological polar surface area (TPSA) is 107 Å². The third-order valence-electron chi connectivity index (χ3n) is 9.12. The fraction of sp³-hybridized carbons (Fsp3) is 0.516. The van der Waals surface area contributed by atoms with E-state index >= 15 is 0 Å². The molecule has 1 atom stereocenters.